The molecule has 0 radical (unpaired) electrons. The van der Waals surface area contributed by atoms with Crippen molar-refractivity contribution >= 4 is 27.3 Å². The van der Waals surface area contributed by atoms with Crippen LogP contribution in [0.5, 0.6) is 17.2 Å². The normalized spacial score (nSPS) is 14.8. The van der Waals surface area contributed by atoms with E-state index in [1.165, 1.54) is 7.11 Å². The van der Waals surface area contributed by atoms with Crippen LogP contribution in [0, 0.1) is 6.92 Å². The average molecular weight is 530 g/mol. The summed E-state index contributed by atoms with van der Waals surface area (Å²) >= 11 is 6.42. The quantitative estimate of drug-likeness (QED) is 0.474. The zero-order valence-electron chi connectivity index (χ0n) is 20.8. The van der Waals surface area contributed by atoms with Crippen LogP contribution >= 0.6 is 11.6 Å². The summed E-state index contributed by atoms with van der Waals surface area (Å²) in [5.41, 5.74) is 4.27. The zero-order chi connectivity index (χ0) is 26.2. The Kier molecular flexibility index (Phi) is 7.20. The fourth-order valence-electron chi connectivity index (χ4n) is 4.65. The fraction of sp³-hybridized carbons (Fsp3) is 0.296. The van der Waals surface area contributed by atoms with Crippen molar-refractivity contribution in [3.05, 3.63) is 69.7 Å². The van der Waals surface area contributed by atoms with Crippen molar-refractivity contribution < 1.29 is 27.4 Å². The van der Waals surface area contributed by atoms with Crippen LogP contribution in [-0.2, 0) is 16.3 Å². The first-order valence-electron chi connectivity index (χ1n) is 11.3. The molecule has 36 heavy (non-hydrogen) atoms. The van der Waals surface area contributed by atoms with Crippen LogP contribution in [0.2, 0.25) is 5.02 Å². The molecule has 0 aliphatic heterocycles. The summed E-state index contributed by atoms with van der Waals surface area (Å²) in [6, 6.07) is 11.6. The summed E-state index contributed by atoms with van der Waals surface area (Å²) < 4.78 is 41.8. The van der Waals surface area contributed by atoms with Crippen molar-refractivity contribution in [2.75, 3.05) is 27.6 Å². The van der Waals surface area contributed by atoms with Gasteiger partial charge in [0.1, 0.15) is 0 Å². The maximum absolute atomic E-state index is 13.3. The lowest BCUT2D eigenvalue weighted by atomic mass is 9.93. The highest BCUT2D eigenvalue weighted by Gasteiger charge is 2.31. The van der Waals surface area contributed by atoms with Crippen molar-refractivity contribution in [3.8, 4) is 28.4 Å². The number of sulfone groups is 1. The van der Waals surface area contributed by atoms with E-state index in [1.807, 2.05) is 19.1 Å². The Morgan fingerprint density at radius 1 is 1.03 bits per heavy atom. The zero-order valence-corrected chi connectivity index (χ0v) is 22.3. The topological polar surface area (TPSA) is 90.9 Å². The number of methoxy groups -OCH3 is 3. The molecule has 1 unspecified atom stereocenters. The van der Waals surface area contributed by atoms with Crippen LogP contribution in [0.25, 0.3) is 11.1 Å². The van der Waals surface area contributed by atoms with Gasteiger partial charge in [0, 0.05) is 11.8 Å². The molecule has 7 nitrogen and oxygen atoms in total. The van der Waals surface area contributed by atoms with Crippen LogP contribution in [0.4, 0.5) is 0 Å². The van der Waals surface area contributed by atoms with Gasteiger partial charge >= 0.3 is 0 Å². The number of hydrogen-bond donors (Lipinski definition) is 1. The fourth-order valence-corrected chi connectivity index (χ4v) is 5.52. The van der Waals surface area contributed by atoms with Crippen LogP contribution < -0.4 is 19.5 Å². The highest BCUT2D eigenvalue weighted by Crippen LogP contribution is 2.50. The monoisotopic (exact) mass is 529 g/mol. The molecule has 4 rings (SSSR count). The number of aryl methyl sites for hydroxylation is 2. The van der Waals surface area contributed by atoms with Crippen LogP contribution in [-0.4, -0.2) is 41.9 Å². The minimum atomic E-state index is -3.49. The maximum atomic E-state index is 13.3. The predicted octanol–water partition coefficient (Wildman–Crippen LogP) is 5.16. The Morgan fingerprint density at radius 2 is 1.75 bits per heavy atom. The molecule has 190 valence electrons. The van der Waals surface area contributed by atoms with E-state index in [0.717, 1.165) is 28.5 Å². The second-order valence-electron chi connectivity index (χ2n) is 8.70. The van der Waals surface area contributed by atoms with E-state index in [2.05, 4.69) is 5.32 Å². The van der Waals surface area contributed by atoms with Crippen molar-refractivity contribution in [3.63, 3.8) is 0 Å². The van der Waals surface area contributed by atoms with Crippen LogP contribution in [0.15, 0.2) is 47.4 Å². The third kappa shape index (κ3) is 4.63. The Morgan fingerprint density at radius 3 is 2.39 bits per heavy atom. The van der Waals surface area contributed by atoms with Gasteiger partial charge in [0.15, 0.2) is 21.3 Å². The van der Waals surface area contributed by atoms with Gasteiger partial charge in [-0.05, 0) is 66.3 Å². The Hall–Kier alpha value is -3.23. The molecular formula is C27H28ClNO6S. The number of rotatable bonds is 6. The number of amides is 1. The molecular weight excluding hydrogens is 502 g/mol. The number of benzene rings is 3. The maximum Gasteiger partial charge on any atom is 0.253 e. The van der Waals surface area contributed by atoms with Gasteiger partial charge in [0.05, 0.1) is 42.9 Å². The molecule has 1 atom stereocenters. The Bertz CT molecular complexity index is 1450. The minimum Gasteiger partial charge on any atom is -0.493 e. The molecule has 1 N–H and O–H groups in total. The standard InChI is InChI=1S/C27H28ClNO6S/c1-15-7-6-8-19(24(15)28)27(30)29-21-12-9-16-13-22(33-2)25(34-3)26(35-4)23(16)18-11-10-17(14-20(18)21)36(5,31)32/h6-8,10-11,13-14,21H,9,12H2,1-5H3,(H,29,30). The number of hydrogen-bond acceptors (Lipinski definition) is 6. The molecule has 1 amide bonds. The van der Waals surface area contributed by atoms with Gasteiger partial charge in [-0.25, -0.2) is 8.42 Å². The highest BCUT2D eigenvalue weighted by molar-refractivity contribution is 7.90. The van der Waals surface area contributed by atoms with Gasteiger partial charge in [0.25, 0.3) is 5.91 Å². The SMILES string of the molecule is COc1cc2c(c(OC)c1OC)-c1ccc(S(C)(=O)=O)cc1C(NC(=O)c1cccc(C)c1Cl)CC2. The smallest absolute Gasteiger partial charge is 0.253 e. The lowest BCUT2D eigenvalue weighted by Gasteiger charge is -2.22. The summed E-state index contributed by atoms with van der Waals surface area (Å²) in [4.78, 5) is 13.5. The highest BCUT2D eigenvalue weighted by atomic mass is 35.5. The largest absolute Gasteiger partial charge is 0.493 e. The number of carbonyl (C=O) groups excluding carboxylic acids is 1. The van der Waals surface area contributed by atoms with Gasteiger partial charge in [-0.15, -0.1) is 0 Å². The van der Waals surface area contributed by atoms with Gasteiger partial charge in [-0.1, -0.05) is 29.8 Å². The van der Waals surface area contributed by atoms with E-state index in [0.29, 0.717) is 46.2 Å². The molecule has 1 aliphatic rings. The van der Waals surface area contributed by atoms with Crippen molar-refractivity contribution in [2.45, 2.75) is 30.7 Å². The third-order valence-electron chi connectivity index (χ3n) is 6.45. The van der Waals surface area contributed by atoms with Gasteiger partial charge in [0.2, 0.25) is 5.75 Å². The average Bonchev–Trinajstić information content (AvgIpc) is 3.00. The minimum absolute atomic E-state index is 0.164. The van der Waals surface area contributed by atoms with E-state index in [9.17, 15) is 13.2 Å². The van der Waals surface area contributed by atoms with E-state index in [4.69, 9.17) is 25.8 Å². The molecule has 0 heterocycles. The third-order valence-corrected chi connectivity index (χ3v) is 8.06. The molecule has 0 fully saturated rings. The van der Waals surface area contributed by atoms with Crippen LogP contribution in [0.3, 0.4) is 0 Å². The first-order valence-corrected chi connectivity index (χ1v) is 13.6. The van der Waals surface area contributed by atoms with Gasteiger partial charge in [-0.3, -0.25) is 4.79 Å². The molecule has 0 saturated heterocycles. The molecule has 3 aromatic carbocycles. The lowest BCUT2D eigenvalue weighted by molar-refractivity contribution is 0.0935. The number of halogens is 1. The summed E-state index contributed by atoms with van der Waals surface area (Å²) in [6.07, 6.45) is 2.25. The summed E-state index contributed by atoms with van der Waals surface area (Å²) in [7, 11) is 1.15. The molecule has 0 bridgehead atoms. The van der Waals surface area contributed by atoms with E-state index < -0.39 is 15.9 Å². The van der Waals surface area contributed by atoms with Crippen molar-refractivity contribution in [1.82, 2.24) is 5.32 Å². The second kappa shape index (κ2) is 10.0. The first kappa shape index (κ1) is 25.9. The molecule has 3 aromatic rings. The van der Waals surface area contributed by atoms with E-state index >= 15 is 0 Å². The number of ether oxygens (including phenoxy) is 3. The predicted molar refractivity (Wildman–Crippen MR) is 139 cm³/mol. The van der Waals surface area contributed by atoms with Gasteiger partial charge in [-0.2, -0.15) is 0 Å². The van der Waals surface area contributed by atoms with Gasteiger partial charge < -0.3 is 19.5 Å². The second-order valence-corrected chi connectivity index (χ2v) is 11.1. The van der Waals surface area contributed by atoms with Crippen molar-refractivity contribution in [2.24, 2.45) is 0 Å². The molecule has 0 spiro atoms. The van der Waals surface area contributed by atoms with Crippen LogP contribution in [0.1, 0.15) is 39.5 Å². The molecule has 0 aromatic heterocycles. The molecule has 9 heteroatoms. The number of carbonyl (C=O) groups is 1. The first-order chi connectivity index (χ1) is 17.1. The number of fused-ring (bicyclic) bond motifs is 3. The molecule has 0 saturated carbocycles. The Labute approximate surface area is 216 Å². The van der Waals surface area contributed by atoms with Crippen molar-refractivity contribution in [1.29, 1.82) is 0 Å². The summed E-state index contributed by atoms with van der Waals surface area (Å²) in [6.45, 7) is 1.84. The van der Waals surface area contributed by atoms with E-state index in [1.54, 1.807) is 44.6 Å². The Balaban J connectivity index is 1.92. The summed E-state index contributed by atoms with van der Waals surface area (Å²) in [5.74, 6) is 1.11. The summed E-state index contributed by atoms with van der Waals surface area (Å²) in [5, 5.41) is 3.47. The number of nitrogens with one attached hydrogen (secondary N) is 1. The van der Waals surface area contributed by atoms with E-state index in [-0.39, 0.29) is 10.8 Å². The lowest BCUT2D eigenvalue weighted by Crippen LogP contribution is -2.29. The molecule has 1 aliphatic carbocycles.